The van der Waals surface area contributed by atoms with Crippen LogP contribution in [0.1, 0.15) is 6.42 Å². The number of para-hydroxylation sites is 1. The fourth-order valence-corrected chi connectivity index (χ4v) is 3.37. The Kier molecular flexibility index (Phi) is 3.30. The van der Waals surface area contributed by atoms with Gasteiger partial charge < -0.3 is 20.1 Å². The second-order valence-electron chi connectivity index (χ2n) is 5.86. The van der Waals surface area contributed by atoms with Crippen LogP contribution in [0.25, 0.3) is 11.3 Å². The minimum atomic E-state index is -0.433. The highest BCUT2D eigenvalue weighted by atomic mass is 19.1. The summed E-state index contributed by atoms with van der Waals surface area (Å²) in [6.07, 6.45) is 0.390. The molecular weight excluding hydrogens is 299 g/mol. The topological polar surface area (TPSA) is 70.5 Å². The molecule has 7 heteroatoms. The second kappa shape index (κ2) is 5.34. The Bertz CT molecular complexity index is 755. The highest BCUT2D eigenvalue weighted by Gasteiger charge is 2.36. The van der Waals surface area contributed by atoms with Gasteiger partial charge in [0.25, 0.3) is 0 Å². The van der Waals surface area contributed by atoms with Crippen LogP contribution < -0.4 is 15.0 Å². The smallest absolute Gasteiger partial charge is 0.172 e. The normalized spacial score (nSPS) is 22.3. The van der Waals surface area contributed by atoms with Crippen molar-refractivity contribution >= 4 is 11.5 Å². The van der Waals surface area contributed by atoms with Gasteiger partial charge in [0.05, 0.1) is 24.6 Å². The van der Waals surface area contributed by atoms with Gasteiger partial charge in [0.2, 0.25) is 0 Å². The summed E-state index contributed by atoms with van der Waals surface area (Å²) < 4.78 is 19.1. The molecule has 1 fully saturated rings. The zero-order valence-corrected chi connectivity index (χ0v) is 12.7. The molecule has 2 aliphatic heterocycles. The van der Waals surface area contributed by atoms with Crippen LogP contribution >= 0.6 is 0 Å². The Hall–Kier alpha value is -2.41. The minimum Gasteiger partial charge on any atom is -0.493 e. The van der Waals surface area contributed by atoms with Crippen molar-refractivity contribution in [2.75, 3.05) is 30.4 Å². The molecule has 2 atom stereocenters. The maximum atomic E-state index is 13.9. The number of rotatable bonds is 2. The lowest BCUT2D eigenvalue weighted by atomic mass is 10.1. The number of aromatic nitrogens is 2. The molecule has 1 aromatic heterocycles. The van der Waals surface area contributed by atoms with E-state index in [9.17, 15) is 9.50 Å². The zero-order valence-electron chi connectivity index (χ0n) is 12.7. The van der Waals surface area contributed by atoms with E-state index in [0.29, 0.717) is 23.6 Å². The average Bonchev–Trinajstić information content (AvgIpc) is 2.95. The zero-order chi connectivity index (χ0) is 16.0. The molecular formula is C16H17FN4O2. The van der Waals surface area contributed by atoms with E-state index in [-0.39, 0.29) is 17.9 Å². The van der Waals surface area contributed by atoms with Crippen molar-refractivity contribution < 1.29 is 14.2 Å². The molecule has 1 saturated heterocycles. The first kappa shape index (κ1) is 14.2. The predicted octanol–water partition coefficient (Wildman–Crippen LogP) is 1.66. The van der Waals surface area contributed by atoms with Gasteiger partial charge in [-0.05, 0) is 24.6 Å². The van der Waals surface area contributed by atoms with Gasteiger partial charge >= 0.3 is 0 Å². The van der Waals surface area contributed by atoms with Crippen LogP contribution in [0.15, 0.2) is 24.3 Å². The van der Waals surface area contributed by atoms with E-state index >= 15 is 0 Å². The van der Waals surface area contributed by atoms with Crippen LogP contribution in [0.3, 0.4) is 0 Å². The molecule has 6 nitrogen and oxygen atoms in total. The number of benzene rings is 1. The van der Waals surface area contributed by atoms with Gasteiger partial charge in [-0.25, -0.2) is 4.39 Å². The lowest BCUT2D eigenvalue weighted by Crippen LogP contribution is -2.39. The monoisotopic (exact) mass is 316 g/mol. The maximum absolute atomic E-state index is 13.9. The molecule has 0 bridgehead atoms. The van der Waals surface area contributed by atoms with Gasteiger partial charge in [0.15, 0.2) is 17.4 Å². The Morgan fingerprint density at radius 2 is 2.26 bits per heavy atom. The molecule has 120 valence electrons. The first-order chi connectivity index (χ1) is 11.2. The number of fused-ring (bicyclic) bond motifs is 3. The summed E-state index contributed by atoms with van der Waals surface area (Å²) in [5.74, 6) is 0.412. The number of nitrogens with one attached hydrogen (secondary N) is 1. The van der Waals surface area contributed by atoms with Crippen LogP contribution in [0.5, 0.6) is 5.75 Å². The third-order valence-electron chi connectivity index (χ3n) is 4.43. The number of aliphatic hydroxyl groups is 1. The summed E-state index contributed by atoms with van der Waals surface area (Å²) in [5, 5.41) is 21.6. The molecule has 23 heavy (non-hydrogen) atoms. The van der Waals surface area contributed by atoms with Crippen molar-refractivity contribution in [3.63, 3.8) is 0 Å². The summed E-state index contributed by atoms with van der Waals surface area (Å²) in [4.78, 5) is 2.14. The number of methoxy groups -OCH3 is 1. The predicted molar refractivity (Wildman–Crippen MR) is 84.2 cm³/mol. The summed E-state index contributed by atoms with van der Waals surface area (Å²) in [6, 6.07) is 6.84. The fraction of sp³-hybridized carbons (Fsp3) is 0.375. The van der Waals surface area contributed by atoms with Crippen molar-refractivity contribution in [1.29, 1.82) is 0 Å². The first-order valence-corrected chi connectivity index (χ1v) is 7.56. The van der Waals surface area contributed by atoms with E-state index in [4.69, 9.17) is 4.74 Å². The molecule has 2 aliphatic rings. The fourth-order valence-electron chi connectivity index (χ4n) is 3.37. The summed E-state index contributed by atoms with van der Waals surface area (Å²) in [6.45, 7) is 1.31. The van der Waals surface area contributed by atoms with Crippen LogP contribution in [-0.4, -0.2) is 47.6 Å². The highest BCUT2D eigenvalue weighted by Crippen LogP contribution is 2.38. The number of hydrogen-bond acceptors (Lipinski definition) is 6. The molecule has 1 aromatic carbocycles. The summed E-state index contributed by atoms with van der Waals surface area (Å²) in [5.41, 5.74) is 1.99. The lowest BCUT2D eigenvalue weighted by molar-refractivity contribution is 0.195. The molecule has 0 spiro atoms. The largest absolute Gasteiger partial charge is 0.493 e. The number of halogens is 1. The van der Waals surface area contributed by atoms with Crippen LogP contribution in [0.4, 0.5) is 15.9 Å². The van der Waals surface area contributed by atoms with Gasteiger partial charge in [-0.2, -0.15) is 0 Å². The maximum Gasteiger partial charge on any atom is 0.172 e. The molecule has 2 unspecified atom stereocenters. The average molecular weight is 316 g/mol. The molecule has 0 amide bonds. The first-order valence-electron chi connectivity index (χ1n) is 7.56. The third-order valence-corrected chi connectivity index (χ3v) is 4.43. The highest BCUT2D eigenvalue weighted by molar-refractivity contribution is 5.77. The third kappa shape index (κ3) is 2.28. The van der Waals surface area contributed by atoms with Gasteiger partial charge in [0.1, 0.15) is 0 Å². The van der Waals surface area contributed by atoms with Crippen molar-refractivity contribution in [3.8, 4) is 17.0 Å². The quantitative estimate of drug-likeness (QED) is 0.878. The number of anilines is 2. The molecule has 3 heterocycles. The van der Waals surface area contributed by atoms with E-state index < -0.39 is 5.82 Å². The van der Waals surface area contributed by atoms with Gasteiger partial charge in [-0.3, -0.25) is 0 Å². The number of aliphatic hydroxyl groups excluding tert-OH is 1. The molecule has 0 radical (unpaired) electrons. The standard InChI is InChI=1S/C16H17FN4O2/c1-23-15-11(3-2-4-12(15)17)13-6-14-16(20-19-13)18-7-9-5-10(22)8-21(9)14/h2-4,6,9-10,22H,5,7-8H2,1H3,(H,18,20). The van der Waals surface area contributed by atoms with Crippen molar-refractivity contribution in [2.24, 2.45) is 0 Å². The molecule has 4 rings (SSSR count). The van der Waals surface area contributed by atoms with Crippen LogP contribution in [0, 0.1) is 5.82 Å². The van der Waals surface area contributed by atoms with E-state index in [1.54, 1.807) is 12.1 Å². The summed E-state index contributed by atoms with van der Waals surface area (Å²) >= 11 is 0. The Morgan fingerprint density at radius 3 is 3.09 bits per heavy atom. The Balaban J connectivity index is 1.80. The second-order valence-corrected chi connectivity index (χ2v) is 5.86. The van der Waals surface area contributed by atoms with E-state index in [0.717, 1.165) is 18.7 Å². The van der Waals surface area contributed by atoms with Crippen molar-refractivity contribution in [1.82, 2.24) is 10.2 Å². The SMILES string of the molecule is COc1c(F)cccc1-c1cc2c(nn1)NCC1CC(O)CN21. The molecule has 2 N–H and O–H groups in total. The number of nitrogens with zero attached hydrogens (tertiary/aromatic N) is 3. The van der Waals surface area contributed by atoms with Gasteiger partial charge in [0, 0.05) is 24.7 Å². The minimum absolute atomic E-state index is 0.156. The van der Waals surface area contributed by atoms with Gasteiger partial charge in [-0.1, -0.05) is 6.07 Å². The molecule has 0 saturated carbocycles. The van der Waals surface area contributed by atoms with E-state index in [2.05, 4.69) is 20.4 Å². The van der Waals surface area contributed by atoms with Crippen molar-refractivity contribution in [3.05, 3.63) is 30.1 Å². The molecule has 2 aromatic rings. The Morgan fingerprint density at radius 1 is 1.39 bits per heavy atom. The van der Waals surface area contributed by atoms with Crippen LogP contribution in [-0.2, 0) is 0 Å². The number of ether oxygens (including phenoxy) is 1. The summed E-state index contributed by atoms with van der Waals surface area (Å²) in [7, 11) is 1.43. The van der Waals surface area contributed by atoms with E-state index in [1.807, 2.05) is 6.07 Å². The van der Waals surface area contributed by atoms with Crippen LogP contribution in [0.2, 0.25) is 0 Å². The van der Waals surface area contributed by atoms with Crippen molar-refractivity contribution in [2.45, 2.75) is 18.6 Å². The van der Waals surface area contributed by atoms with Gasteiger partial charge in [-0.15, -0.1) is 10.2 Å². The number of hydrogen-bond donors (Lipinski definition) is 2. The Labute approximate surface area is 132 Å². The van der Waals surface area contributed by atoms with E-state index in [1.165, 1.54) is 13.2 Å². The molecule has 0 aliphatic carbocycles. The lowest BCUT2D eigenvalue weighted by Gasteiger charge is -2.33.